The summed E-state index contributed by atoms with van der Waals surface area (Å²) in [5.74, 6) is 1.26. The Morgan fingerprint density at radius 2 is 2.04 bits per heavy atom. The highest BCUT2D eigenvalue weighted by Crippen LogP contribution is 2.20. The minimum absolute atomic E-state index is 0.488. The third kappa shape index (κ3) is 4.23. The second-order valence-corrected chi connectivity index (χ2v) is 7.01. The number of anilines is 1. The highest BCUT2D eigenvalue weighted by molar-refractivity contribution is 6.30. The molecule has 0 aliphatic carbocycles. The van der Waals surface area contributed by atoms with Crippen molar-refractivity contribution in [2.75, 3.05) is 25.0 Å². The van der Waals surface area contributed by atoms with Crippen molar-refractivity contribution in [3.8, 4) is 11.4 Å². The fourth-order valence-corrected chi connectivity index (χ4v) is 3.47. The maximum atomic E-state index is 6.02. The van der Waals surface area contributed by atoms with Gasteiger partial charge in [0, 0.05) is 48.4 Å². The molecule has 5 nitrogen and oxygen atoms in total. The topological polar surface area (TPSA) is 54.2 Å². The summed E-state index contributed by atoms with van der Waals surface area (Å²) in [7, 11) is 0. The molecule has 1 aliphatic heterocycles. The molecule has 1 unspecified atom stereocenters. The lowest BCUT2D eigenvalue weighted by atomic mass is 10.2. The standard InChI is InChI=1S/C20H21ClN4O/c21-16-6-4-5-15(13-16)20-23-19(26-24-20)10-12-25-11-9-18(14-25)22-17-7-2-1-3-8-17/h1-8,13,18,22H,9-12,14H2. The molecule has 2 heterocycles. The number of para-hydroxylation sites is 1. The highest BCUT2D eigenvalue weighted by atomic mass is 35.5. The number of benzene rings is 2. The summed E-state index contributed by atoms with van der Waals surface area (Å²) in [6.07, 6.45) is 1.90. The van der Waals surface area contributed by atoms with Crippen LogP contribution in [0.1, 0.15) is 12.3 Å². The summed E-state index contributed by atoms with van der Waals surface area (Å²) in [6, 6.07) is 18.4. The molecule has 0 radical (unpaired) electrons. The third-order valence-electron chi connectivity index (χ3n) is 4.61. The summed E-state index contributed by atoms with van der Waals surface area (Å²) in [5, 5.41) is 8.33. The largest absolute Gasteiger partial charge is 0.381 e. The third-order valence-corrected chi connectivity index (χ3v) is 4.84. The van der Waals surface area contributed by atoms with Crippen molar-refractivity contribution in [2.45, 2.75) is 18.9 Å². The van der Waals surface area contributed by atoms with Gasteiger partial charge in [-0.05, 0) is 30.7 Å². The Labute approximate surface area is 158 Å². The molecule has 26 heavy (non-hydrogen) atoms. The summed E-state index contributed by atoms with van der Waals surface area (Å²) >= 11 is 6.02. The number of likely N-dealkylation sites (tertiary alicyclic amines) is 1. The Bertz CT molecular complexity index is 852. The first-order valence-corrected chi connectivity index (χ1v) is 9.26. The van der Waals surface area contributed by atoms with E-state index in [0.29, 0.717) is 22.8 Å². The fourth-order valence-electron chi connectivity index (χ4n) is 3.28. The predicted octanol–water partition coefficient (Wildman–Crippen LogP) is 4.12. The van der Waals surface area contributed by atoms with Crippen LogP contribution in [0.5, 0.6) is 0 Å². The van der Waals surface area contributed by atoms with Crippen LogP contribution in [0, 0.1) is 0 Å². The van der Waals surface area contributed by atoms with Gasteiger partial charge in [-0.2, -0.15) is 4.98 Å². The second-order valence-electron chi connectivity index (χ2n) is 6.57. The number of aromatic nitrogens is 2. The molecule has 0 bridgehead atoms. The molecule has 6 heteroatoms. The van der Waals surface area contributed by atoms with Crippen LogP contribution in [0.15, 0.2) is 59.1 Å². The van der Waals surface area contributed by atoms with E-state index >= 15 is 0 Å². The minimum atomic E-state index is 0.488. The number of hydrogen-bond acceptors (Lipinski definition) is 5. The maximum Gasteiger partial charge on any atom is 0.228 e. The number of rotatable bonds is 6. The van der Waals surface area contributed by atoms with Crippen LogP contribution in [0.25, 0.3) is 11.4 Å². The quantitative estimate of drug-likeness (QED) is 0.709. The molecule has 1 aromatic heterocycles. The minimum Gasteiger partial charge on any atom is -0.381 e. The van der Waals surface area contributed by atoms with Gasteiger partial charge in [0.05, 0.1) is 0 Å². The smallest absolute Gasteiger partial charge is 0.228 e. The normalized spacial score (nSPS) is 17.5. The average molecular weight is 369 g/mol. The first-order valence-electron chi connectivity index (χ1n) is 8.89. The lowest BCUT2D eigenvalue weighted by Gasteiger charge is -2.16. The second kappa shape index (κ2) is 7.89. The van der Waals surface area contributed by atoms with Crippen LogP contribution < -0.4 is 5.32 Å². The molecule has 1 saturated heterocycles. The average Bonchev–Trinajstić information content (AvgIpc) is 3.30. The Morgan fingerprint density at radius 1 is 1.15 bits per heavy atom. The number of nitrogens with one attached hydrogen (secondary N) is 1. The van der Waals surface area contributed by atoms with Crippen molar-refractivity contribution < 1.29 is 4.52 Å². The van der Waals surface area contributed by atoms with Crippen LogP contribution in [0.4, 0.5) is 5.69 Å². The number of hydrogen-bond donors (Lipinski definition) is 1. The van der Waals surface area contributed by atoms with E-state index in [2.05, 4.69) is 44.6 Å². The molecule has 1 fully saturated rings. The van der Waals surface area contributed by atoms with Crippen LogP contribution in [-0.4, -0.2) is 40.7 Å². The molecule has 1 atom stereocenters. The van der Waals surface area contributed by atoms with Gasteiger partial charge >= 0.3 is 0 Å². The Kier molecular flexibility index (Phi) is 5.18. The van der Waals surface area contributed by atoms with E-state index in [1.165, 1.54) is 5.69 Å². The predicted molar refractivity (Wildman–Crippen MR) is 103 cm³/mol. The monoisotopic (exact) mass is 368 g/mol. The zero-order valence-electron chi connectivity index (χ0n) is 14.4. The molecule has 0 saturated carbocycles. The van der Waals surface area contributed by atoms with E-state index in [9.17, 15) is 0 Å². The molecular weight excluding hydrogens is 348 g/mol. The molecule has 3 aromatic rings. The van der Waals surface area contributed by atoms with E-state index < -0.39 is 0 Å². The van der Waals surface area contributed by atoms with Crippen LogP contribution in [-0.2, 0) is 6.42 Å². The van der Waals surface area contributed by atoms with Gasteiger partial charge in [0.2, 0.25) is 11.7 Å². The van der Waals surface area contributed by atoms with Gasteiger partial charge in [-0.3, -0.25) is 0 Å². The highest BCUT2D eigenvalue weighted by Gasteiger charge is 2.22. The van der Waals surface area contributed by atoms with Gasteiger partial charge in [0.15, 0.2) is 0 Å². The molecule has 2 aromatic carbocycles. The van der Waals surface area contributed by atoms with E-state index in [1.54, 1.807) is 0 Å². The Balaban J connectivity index is 1.29. The van der Waals surface area contributed by atoms with Crippen LogP contribution >= 0.6 is 11.6 Å². The number of nitrogens with zero attached hydrogens (tertiary/aromatic N) is 3. The molecule has 4 rings (SSSR count). The van der Waals surface area contributed by atoms with Gasteiger partial charge in [-0.15, -0.1) is 0 Å². The van der Waals surface area contributed by atoms with E-state index in [4.69, 9.17) is 16.1 Å². The van der Waals surface area contributed by atoms with Gasteiger partial charge in [0.25, 0.3) is 0 Å². The maximum absolute atomic E-state index is 6.02. The first-order chi connectivity index (χ1) is 12.8. The van der Waals surface area contributed by atoms with Crippen molar-refractivity contribution in [3.05, 3.63) is 65.5 Å². The van der Waals surface area contributed by atoms with Crippen LogP contribution in [0.2, 0.25) is 5.02 Å². The van der Waals surface area contributed by atoms with E-state index in [0.717, 1.165) is 38.0 Å². The Hall–Kier alpha value is -2.37. The molecule has 1 aliphatic rings. The van der Waals surface area contributed by atoms with Crippen molar-refractivity contribution in [1.82, 2.24) is 15.0 Å². The fraction of sp³-hybridized carbons (Fsp3) is 0.300. The number of halogens is 1. The van der Waals surface area contributed by atoms with Gasteiger partial charge in [0.1, 0.15) is 0 Å². The van der Waals surface area contributed by atoms with Crippen molar-refractivity contribution in [3.63, 3.8) is 0 Å². The SMILES string of the molecule is Clc1cccc(-c2noc(CCN3CCC(Nc4ccccc4)C3)n2)c1. The van der Waals surface area contributed by atoms with E-state index in [1.807, 2.05) is 30.3 Å². The van der Waals surface area contributed by atoms with Crippen LogP contribution in [0.3, 0.4) is 0 Å². The molecule has 134 valence electrons. The van der Waals surface area contributed by atoms with Gasteiger partial charge in [-0.25, -0.2) is 0 Å². The summed E-state index contributed by atoms with van der Waals surface area (Å²) in [6.45, 7) is 3.04. The van der Waals surface area contributed by atoms with Crippen molar-refractivity contribution in [2.24, 2.45) is 0 Å². The lowest BCUT2D eigenvalue weighted by Crippen LogP contribution is -2.27. The summed E-state index contributed by atoms with van der Waals surface area (Å²) < 4.78 is 5.39. The van der Waals surface area contributed by atoms with Gasteiger partial charge < -0.3 is 14.7 Å². The molecule has 1 N–H and O–H groups in total. The molecular formula is C20H21ClN4O. The molecule has 0 spiro atoms. The zero-order valence-corrected chi connectivity index (χ0v) is 15.2. The van der Waals surface area contributed by atoms with Crippen molar-refractivity contribution >= 4 is 17.3 Å². The first kappa shape index (κ1) is 17.1. The Morgan fingerprint density at radius 3 is 2.88 bits per heavy atom. The van der Waals surface area contributed by atoms with E-state index in [-0.39, 0.29) is 0 Å². The molecule has 0 amide bonds. The summed E-state index contributed by atoms with van der Waals surface area (Å²) in [4.78, 5) is 6.93. The van der Waals surface area contributed by atoms with Crippen molar-refractivity contribution in [1.29, 1.82) is 0 Å². The van der Waals surface area contributed by atoms with Gasteiger partial charge in [-0.1, -0.05) is 47.1 Å². The zero-order chi connectivity index (χ0) is 17.8. The lowest BCUT2D eigenvalue weighted by molar-refractivity contribution is 0.310. The summed E-state index contributed by atoms with van der Waals surface area (Å²) in [5.41, 5.74) is 2.06.